The fourth-order valence-electron chi connectivity index (χ4n) is 2.18. The summed E-state index contributed by atoms with van der Waals surface area (Å²) >= 11 is 0. The molecule has 32 heavy (non-hydrogen) atoms. The predicted molar refractivity (Wildman–Crippen MR) is 118 cm³/mol. The van der Waals surface area contributed by atoms with Gasteiger partial charge in [0.2, 0.25) is 0 Å². The van der Waals surface area contributed by atoms with Crippen molar-refractivity contribution in [1.82, 2.24) is 10.6 Å². The van der Waals surface area contributed by atoms with Gasteiger partial charge in [0.1, 0.15) is 13.2 Å². The number of carbonyl (C=O) groups excluding carboxylic acids is 4. The van der Waals surface area contributed by atoms with Crippen LogP contribution in [-0.4, -0.2) is 61.6 Å². The predicted octanol–water partition coefficient (Wildman–Crippen LogP) is 2.95. The van der Waals surface area contributed by atoms with Gasteiger partial charge in [0.25, 0.3) is 0 Å². The number of esters is 2. The number of nitrogens with one attached hydrogen (secondary N) is 2. The number of alkyl carbamates (subject to hydrolysis) is 2. The van der Waals surface area contributed by atoms with E-state index in [0.717, 1.165) is 12.2 Å². The van der Waals surface area contributed by atoms with Crippen LogP contribution < -0.4 is 10.6 Å². The summed E-state index contributed by atoms with van der Waals surface area (Å²) in [7, 11) is 0. The fraction of sp³-hybridized carbons (Fsp3) is 0.727. The minimum atomic E-state index is -0.759. The number of hydrogen-bond acceptors (Lipinski definition) is 8. The Hall–Kier alpha value is -2.78. The van der Waals surface area contributed by atoms with Crippen molar-refractivity contribution in [2.45, 2.75) is 79.7 Å². The van der Waals surface area contributed by atoms with E-state index in [1.807, 2.05) is 27.7 Å². The van der Waals surface area contributed by atoms with Crippen LogP contribution in [0, 0.1) is 11.8 Å². The molecule has 0 rings (SSSR count). The Kier molecular flexibility index (Phi) is 13.8. The molecule has 0 bridgehead atoms. The van der Waals surface area contributed by atoms with Gasteiger partial charge < -0.3 is 29.6 Å². The molecule has 2 N–H and O–H groups in total. The van der Waals surface area contributed by atoms with Crippen molar-refractivity contribution in [3.63, 3.8) is 0 Å². The summed E-state index contributed by atoms with van der Waals surface area (Å²) in [6.07, 6.45) is 0.142. The van der Waals surface area contributed by atoms with Gasteiger partial charge in [-0.1, -0.05) is 27.7 Å². The van der Waals surface area contributed by atoms with Crippen molar-refractivity contribution >= 4 is 24.1 Å². The van der Waals surface area contributed by atoms with Crippen molar-refractivity contribution in [3.8, 4) is 0 Å². The molecule has 0 aromatic heterocycles. The maximum Gasteiger partial charge on any atom is 0.407 e. The molecule has 0 aromatic carbocycles. The first-order valence-electron chi connectivity index (χ1n) is 10.8. The lowest BCUT2D eigenvalue weighted by molar-refractivity contribution is -0.141. The summed E-state index contributed by atoms with van der Waals surface area (Å²) in [5.41, 5.74) is 0. The number of ether oxygens (including phenoxy) is 4. The van der Waals surface area contributed by atoms with E-state index in [0.29, 0.717) is 0 Å². The summed E-state index contributed by atoms with van der Waals surface area (Å²) in [4.78, 5) is 47.3. The summed E-state index contributed by atoms with van der Waals surface area (Å²) in [5.74, 6) is -1.55. The first-order chi connectivity index (χ1) is 14.8. The third-order valence-electron chi connectivity index (χ3n) is 4.07. The molecule has 0 radical (unpaired) electrons. The maximum absolute atomic E-state index is 11.9. The molecule has 0 heterocycles. The lowest BCUT2D eigenvalue weighted by Gasteiger charge is -2.22. The number of carbonyl (C=O) groups is 4. The summed E-state index contributed by atoms with van der Waals surface area (Å²) in [6, 6.07) is -0.900. The van der Waals surface area contributed by atoms with Gasteiger partial charge in [-0.15, -0.1) is 0 Å². The molecule has 0 aliphatic rings. The Morgan fingerprint density at radius 3 is 1.19 bits per heavy atom. The van der Waals surface area contributed by atoms with Gasteiger partial charge in [-0.25, -0.2) is 19.2 Å². The Morgan fingerprint density at radius 2 is 0.938 bits per heavy atom. The molecule has 0 unspecified atom stereocenters. The summed E-state index contributed by atoms with van der Waals surface area (Å²) in [6.45, 7) is 14.2. The minimum Gasteiger partial charge on any atom is -0.460 e. The monoisotopic (exact) mass is 458 g/mol. The van der Waals surface area contributed by atoms with E-state index in [4.69, 9.17) is 18.9 Å². The lowest BCUT2D eigenvalue weighted by Crippen LogP contribution is -2.43. The quantitative estimate of drug-likeness (QED) is 0.259. The lowest BCUT2D eigenvalue weighted by atomic mass is 10.1. The molecule has 2 amide bonds. The van der Waals surface area contributed by atoms with Crippen LogP contribution in [0.15, 0.2) is 12.2 Å². The molecule has 10 heteroatoms. The minimum absolute atomic E-state index is 0.0145. The molecule has 0 saturated heterocycles. The van der Waals surface area contributed by atoms with Crippen molar-refractivity contribution in [1.29, 1.82) is 0 Å². The molecule has 0 aliphatic carbocycles. The molecule has 184 valence electrons. The highest BCUT2D eigenvalue weighted by atomic mass is 16.6. The normalized spacial score (nSPS) is 13.2. The Labute approximate surface area is 190 Å². The molecule has 0 spiro atoms. The van der Waals surface area contributed by atoms with E-state index in [2.05, 4.69) is 10.6 Å². The highest BCUT2D eigenvalue weighted by molar-refractivity contribution is 5.91. The van der Waals surface area contributed by atoms with E-state index in [1.54, 1.807) is 27.7 Å². The Morgan fingerprint density at radius 1 is 0.625 bits per heavy atom. The van der Waals surface area contributed by atoms with Crippen molar-refractivity contribution < 1.29 is 38.1 Å². The zero-order valence-electron chi connectivity index (χ0n) is 20.3. The van der Waals surface area contributed by atoms with Crippen molar-refractivity contribution in [3.05, 3.63) is 12.2 Å². The molecular formula is C22H38N2O8. The second kappa shape index (κ2) is 15.1. The van der Waals surface area contributed by atoms with Crippen LogP contribution in [0.4, 0.5) is 9.59 Å². The standard InChI is InChI=1S/C22H38N2O8/c1-13(2)17(23-21(27)31-15(5)6)11-29-19(25)9-10-20(26)30-12-18(14(3)4)24-22(28)32-16(7)8/h9-10,13-18H,11-12H2,1-8H3,(H,23,27)(H,24,28)/b10-9+/t17-,18-/m0/s1. The second-order valence-corrected chi connectivity index (χ2v) is 8.49. The van der Waals surface area contributed by atoms with E-state index >= 15 is 0 Å². The van der Waals surface area contributed by atoms with Crippen molar-refractivity contribution in [2.24, 2.45) is 11.8 Å². The number of rotatable bonds is 12. The van der Waals surface area contributed by atoms with Crippen LogP contribution in [0.1, 0.15) is 55.4 Å². The summed E-state index contributed by atoms with van der Waals surface area (Å²) in [5, 5.41) is 5.28. The average Bonchev–Trinajstić information content (AvgIpc) is 2.64. The third-order valence-corrected chi connectivity index (χ3v) is 4.07. The van der Waals surface area contributed by atoms with Gasteiger partial charge in [0.15, 0.2) is 0 Å². The molecule has 0 fully saturated rings. The number of amides is 2. The van der Waals surface area contributed by atoms with Crippen LogP contribution in [0.2, 0.25) is 0 Å². The van der Waals surface area contributed by atoms with Crippen LogP contribution in [0.25, 0.3) is 0 Å². The zero-order valence-corrected chi connectivity index (χ0v) is 20.3. The molecule has 0 aromatic rings. The van der Waals surface area contributed by atoms with Crippen LogP contribution in [-0.2, 0) is 28.5 Å². The molecule has 0 aliphatic heterocycles. The fourth-order valence-corrected chi connectivity index (χ4v) is 2.18. The van der Waals surface area contributed by atoms with Gasteiger partial charge in [-0.3, -0.25) is 0 Å². The van der Waals surface area contributed by atoms with Crippen LogP contribution >= 0.6 is 0 Å². The van der Waals surface area contributed by atoms with Gasteiger partial charge in [-0.2, -0.15) is 0 Å². The smallest absolute Gasteiger partial charge is 0.407 e. The molecular weight excluding hydrogens is 420 g/mol. The topological polar surface area (TPSA) is 129 Å². The SMILES string of the molecule is CC(C)OC(=O)N[C@@H](COC(=O)/C=C/C(=O)OC[C@H](NC(=O)OC(C)C)C(C)C)C(C)C. The molecule has 2 atom stereocenters. The van der Waals surface area contributed by atoms with Gasteiger partial charge in [0, 0.05) is 12.2 Å². The van der Waals surface area contributed by atoms with Gasteiger partial charge in [-0.05, 0) is 39.5 Å². The third kappa shape index (κ3) is 14.3. The zero-order chi connectivity index (χ0) is 24.8. The largest absolute Gasteiger partial charge is 0.460 e. The van der Waals surface area contributed by atoms with E-state index in [9.17, 15) is 19.2 Å². The van der Waals surface area contributed by atoms with Crippen molar-refractivity contribution in [2.75, 3.05) is 13.2 Å². The summed E-state index contributed by atoms with van der Waals surface area (Å²) < 4.78 is 20.2. The average molecular weight is 459 g/mol. The van der Waals surface area contributed by atoms with E-state index in [1.165, 1.54) is 0 Å². The first-order valence-corrected chi connectivity index (χ1v) is 10.8. The van der Waals surface area contributed by atoms with Crippen LogP contribution in [0.5, 0.6) is 0 Å². The van der Waals surface area contributed by atoms with E-state index in [-0.39, 0.29) is 37.3 Å². The molecule has 10 nitrogen and oxygen atoms in total. The van der Waals surface area contributed by atoms with Gasteiger partial charge in [0.05, 0.1) is 24.3 Å². The maximum atomic E-state index is 11.9. The Balaban J connectivity index is 4.55. The Bertz CT molecular complexity index is 590. The van der Waals surface area contributed by atoms with E-state index < -0.39 is 36.2 Å². The van der Waals surface area contributed by atoms with Crippen LogP contribution in [0.3, 0.4) is 0 Å². The van der Waals surface area contributed by atoms with Gasteiger partial charge >= 0.3 is 24.1 Å². The first kappa shape index (κ1) is 29.2. The highest BCUT2D eigenvalue weighted by Gasteiger charge is 2.21. The molecule has 0 saturated carbocycles. The second-order valence-electron chi connectivity index (χ2n) is 8.49. The highest BCUT2D eigenvalue weighted by Crippen LogP contribution is 2.05. The number of hydrogen-bond donors (Lipinski definition) is 2.